The third kappa shape index (κ3) is 1.70. The van der Waals surface area contributed by atoms with Crippen molar-refractivity contribution in [3.63, 3.8) is 0 Å². The zero-order valence-corrected chi connectivity index (χ0v) is 7.39. The Bertz CT molecular complexity index is 309. The second kappa shape index (κ2) is 3.18. The summed E-state index contributed by atoms with van der Waals surface area (Å²) in [4.78, 5) is 14.8. The highest BCUT2D eigenvalue weighted by Crippen LogP contribution is 2.17. The fraction of sp³-hybridized carbons (Fsp3) is 0.500. The van der Waals surface area contributed by atoms with E-state index in [9.17, 15) is 4.79 Å². The first-order chi connectivity index (χ1) is 6.25. The van der Waals surface area contributed by atoms with Crippen LogP contribution < -0.4 is 10.6 Å². The van der Waals surface area contributed by atoms with Crippen molar-refractivity contribution in [3.05, 3.63) is 11.5 Å². The van der Waals surface area contributed by atoms with E-state index in [0.717, 1.165) is 31.0 Å². The average molecular weight is 181 g/mol. The van der Waals surface area contributed by atoms with Crippen molar-refractivity contribution in [3.8, 4) is 0 Å². The van der Waals surface area contributed by atoms with Gasteiger partial charge in [-0.25, -0.2) is 0 Å². The summed E-state index contributed by atoms with van der Waals surface area (Å²) in [5, 5.41) is 5.69. The Balaban J connectivity index is 2.20. The molecule has 0 saturated heterocycles. The molecule has 70 valence electrons. The van der Waals surface area contributed by atoms with Gasteiger partial charge in [0.15, 0.2) is 0 Å². The van der Waals surface area contributed by atoms with Crippen LogP contribution in [0, 0.1) is 0 Å². The van der Waals surface area contributed by atoms with E-state index in [4.69, 9.17) is 4.42 Å². The van der Waals surface area contributed by atoms with Crippen LogP contribution in [-0.2, 0) is 17.8 Å². The Morgan fingerprint density at radius 1 is 1.69 bits per heavy atom. The highest BCUT2D eigenvalue weighted by Gasteiger charge is 2.16. The minimum atomic E-state index is -0.161. The number of carbonyl (C=O) groups is 1. The van der Waals surface area contributed by atoms with Crippen LogP contribution in [0.25, 0.3) is 0 Å². The van der Waals surface area contributed by atoms with Gasteiger partial charge in [-0.3, -0.25) is 10.1 Å². The lowest BCUT2D eigenvalue weighted by Crippen LogP contribution is -2.22. The number of fused-ring (bicyclic) bond motifs is 1. The Labute approximate surface area is 75.5 Å². The quantitative estimate of drug-likeness (QED) is 0.653. The van der Waals surface area contributed by atoms with E-state index in [-0.39, 0.29) is 5.91 Å². The normalized spacial score (nSPS) is 15.2. The molecule has 5 nitrogen and oxygen atoms in total. The van der Waals surface area contributed by atoms with E-state index >= 15 is 0 Å². The molecule has 0 bridgehead atoms. The van der Waals surface area contributed by atoms with E-state index in [2.05, 4.69) is 15.6 Å². The van der Waals surface area contributed by atoms with Gasteiger partial charge in [-0.2, -0.15) is 4.98 Å². The van der Waals surface area contributed by atoms with Crippen LogP contribution in [0.1, 0.15) is 18.4 Å². The number of nitrogens with one attached hydrogen (secondary N) is 2. The van der Waals surface area contributed by atoms with E-state index in [0.29, 0.717) is 6.01 Å². The molecule has 2 heterocycles. The van der Waals surface area contributed by atoms with Crippen molar-refractivity contribution < 1.29 is 9.21 Å². The van der Waals surface area contributed by atoms with E-state index < -0.39 is 0 Å². The summed E-state index contributed by atoms with van der Waals surface area (Å²) >= 11 is 0. The minimum Gasteiger partial charge on any atom is -0.428 e. The molecule has 0 unspecified atom stereocenters. The van der Waals surface area contributed by atoms with Crippen molar-refractivity contribution in [2.24, 2.45) is 0 Å². The number of hydrogen-bond acceptors (Lipinski definition) is 4. The number of amides is 1. The predicted molar refractivity (Wildman–Crippen MR) is 46.2 cm³/mol. The van der Waals surface area contributed by atoms with E-state index in [1.54, 1.807) is 0 Å². The van der Waals surface area contributed by atoms with Gasteiger partial charge in [-0.05, 0) is 0 Å². The van der Waals surface area contributed by atoms with Crippen molar-refractivity contribution in [2.75, 3.05) is 11.9 Å². The van der Waals surface area contributed by atoms with Gasteiger partial charge in [0.25, 0.3) is 0 Å². The molecule has 1 aromatic heterocycles. The number of aromatic nitrogens is 1. The topological polar surface area (TPSA) is 67.2 Å². The van der Waals surface area contributed by atoms with Crippen LogP contribution in [0.4, 0.5) is 6.01 Å². The number of hydrogen-bond donors (Lipinski definition) is 2. The maximum Gasteiger partial charge on any atom is 0.301 e. The summed E-state index contributed by atoms with van der Waals surface area (Å²) in [7, 11) is 0. The molecule has 1 aromatic rings. The Hall–Kier alpha value is -1.36. The second-order valence-electron chi connectivity index (χ2n) is 3.00. The third-order valence-electron chi connectivity index (χ3n) is 1.88. The molecule has 1 aliphatic rings. The molecule has 0 saturated carbocycles. The minimum absolute atomic E-state index is 0.161. The van der Waals surface area contributed by atoms with Gasteiger partial charge < -0.3 is 9.73 Å². The fourth-order valence-corrected chi connectivity index (χ4v) is 1.33. The van der Waals surface area contributed by atoms with E-state index in [1.165, 1.54) is 6.92 Å². The summed E-state index contributed by atoms with van der Waals surface area (Å²) in [5.74, 6) is 0.717. The highest BCUT2D eigenvalue weighted by molar-refractivity contribution is 5.86. The number of rotatable bonds is 1. The van der Waals surface area contributed by atoms with Gasteiger partial charge >= 0.3 is 6.01 Å². The third-order valence-corrected chi connectivity index (χ3v) is 1.88. The summed E-state index contributed by atoms with van der Waals surface area (Å²) in [6.07, 6.45) is 0.835. The number of carbonyl (C=O) groups excluding carboxylic acids is 1. The monoisotopic (exact) mass is 181 g/mol. The molecule has 0 aliphatic carbocycles. The summed E-state index contributed by atoms with van der Waals surface area (Å²) in [6, 6.07) is 0.307. The summed E-state index contributed by atoms with van der Waals surface area (Å²) < 4.78 is 5.33. The standard InChI is InChI=1S/C8H11N3O2/c1-5(12)10-8-11-6-4-9-3-2-7(6)13-8/h9H,2-4H2,1H3,(H,10,11,12). The molecule has 13 heavy (non-hydrogen) atoms. The van der Waals surface area contributed by atoms with E-state index in [1.807, 2.05) is 0 Å². The first kappa shape index (κ1) is 8.25. The average Bonchev–Trinajstić information content (AvgIpc) is 2.44. The Kier molecular flexibility index (Phi) is 2.02. The largest absolute Gasteiger partial charge is 0.428 e. The van der Waals surface area contributed by atoms with Gasteiger partial charge in [-0.1, -0.05) is 0 Å². The molecule has 0 radical (unpaired) electrons. The maximum absolute atomic E-state index is 10.7. The first-order valence-electron chi connectivity index (χ1n) is 4.22. The number of nitrogens with zero attached hydrogens (tertiary/aromatic N) is 1. The Morgan fingerprint density at radius 2 is 2.54 bits per heavy atom. The zero-order chi connectivity index (χ0) is 9.26. The SMILES string of the molecule is CC(=O)Nc1nc2c(o1)CCNC2. The lowest BCUT2D eigenvalue weighted by atomic mass is 10.2. The molecular weight excluding hydrogens is 170 g/mol. The van der Waals surface area contributed by atoms with Gasteiger partial charge in [-0.15, -0.1) is 0 Å². The van der Waals surface area contributed by atoms with Crippen LogP contribution in [0.2, 0.25) is 0 Å². The number of oxazole rings is 1. The van der Waals surface area contributed by atoms with Crippen LogP contribution in [0.15, 0.2) is 4.42 Å². The molecule has 0 aromatic carbocycles. The molecule has 5 heteroatoms. The second-order valence-corrected chi connectivity index (χ2v) is 3.00. The molecule has 2 N–H and O–H groups in total. The van der Waals surface area contributed by atoms with Crippen molar-refractivity contribution >= 4 is 11.9 Å². The molecule has 0 atom stereocenters. The van der Waals surface area contributed by atoms with Crippen LogP contribution >= 0.6 is 0 Å². The predicted octanol–water partition coefficient (Wildman–Crippen LogP) is 0.279. The molecule has 0 spiro atoms. The lowest BCUT2D eigenvalue weighted by Gasteiger charge is -2.07. The fourth-order valence-electron chi connectivity index (χ4n) is 1.33. The van der Waals surface area contributed by atoms with Gasteiger partial charge in [0.05, 0.1) is 5.69 Å². The molecule has 0 fully saturated rings. The van der Waals surface area contributed by atoms with Gasteiger partial charge in [0, 0.05) is 26.4 Å². The summed E-state index contributed by atoms with van der Waals surface area (Å²) in [5.41, 5.74) is 0.898. The number of anilines is 1. The molecule has 2 rings (SSSR count). The molecular formula is C8H11N3O2. The van der Waals surface area contributed by atoms with Gasteiger partial charge in [0.2, 0.25) is 5.91 Å². The Morgan fingerprint density at radius 3 is 3.23 bits per heavy atom. The van der Waals surface area contributed by atoms with Crippen LogP contribution in [0.3, 0.4) is 0 Å². The van der Waals surface area contributed by atoms with Gasteiger partial charge in [0.1, 0.15) is 5.76 Å². The zero-order valence-electron chi connectivity index (χ0n) is 7.39. The van der Waals surface area contributed by atoms with Crippen molar-refractivity contribution in [2.45, 2.75) is 19.9 Å². The van der Waals surface area contributed by atoms with Crippen molar-refractivity contribution in [1.29, 1.82) is 0 Å². The molecule has 1 amide bonds. The smallest absolute Gasteiger partial charge is 0.301 e. The lowest BCUT2D eigenvalue weighted by molar-refractivity contribution is -0.114. The maximum atomic E-state index is 10.7. The van der Waals surface area contributed by atoms with Crippen LogP contribution in [0.5, 0.6) is 0 Å². The highest BCUT2D eigenvalue weighted by atomic mass is 16.4. The summed E-state index contributed by atoms with van der Waals surface area (Å²) in [6.45, 7) is 3.06. The first-order valence-corrected chi connectivity index (χ1v) is 4.22. The van der Waals surface area contributed by atoms with Crippen molar-refractivity contribution in [1.82, 2.24) is 10.3 Å². The van der Waals surface area contributed by atoms with Crippen LogP contribution in [-0.4, -0.2) is 17.4 Å². The molecule has 1 aliphatic heterocycles.